The van der Waals surface area contributed by atoms with Crippen LogP contribution in [0.5, 0.6) is 0 Å². The number of nitrogens with one attached hydrogen (secondary N) is 1. The zero-order valence-corrected chi connectivity index (χ0v) is 10.9. The number of aromatic nitrogens is 3. The third kappa shape index (κ3) is 2.50. The van der Waals surface area contributed by atoms with Crippen molar-refractivity contribution in [1.82, 2.24) is 15.2 Å². The van der Waals surface area contributed by atoms with Gasteiger partial charge in [-0.3, -0.25) is 4.79 Å². The standard InChI is InChI=1S/C12H9N5O2S/c13-12-16-9(5-20-12)10(18)15-8-3-1-2-7(4-8)11-17-14-6-19-11/h1-6H,(H2,13,16)(H,15,18). The average Bonchev–Trinajstić information content (AvgIpc) is 3.10. The van der Waals surface area contributed by atoms with E-state index < -0.39 is 0 Å². The van der Waals surface area contributed by atoms with Crippen LogP contribution in [0.3, 0.4) is 0 Å². The third-order valence-corrected chi connectivity index (χ3v) is 3.16. The van der Waals surface area contributed by atoms with Gasteiger partial charge in [-0.05, 0) is 18.2 Å². The number of nitrogens with zero attached hydrogens (tertiary/aromatic N) is 3. The summed E-state index contributed by atoms with van der Waals surface area (Å²) in [5, 5.41) is 12.1. The van der Waals surface area contributed by atoms with Crippen molar-refractivity contribution in [1.29, 1.82) is 0 Å². The van der Waals surface area contributed by atoms with Crippen molar-refractivity contribution in [3.63, 3.8) is 0 Å². The van der Waals surface area contributed by atoms with Gasteiger partial charge in [0, 0.05) is 16.6 Å². The van der Waals surface area contributed by atoms with Crippen LogP contribution < -0.4 is 11.1 Å². The van der Waals surface area contributed by atoms with E-state index in [1.165, 1.54) is 17.7 Å². The van der Waals surface area contributed by atoms with Gasteiger partial charge < -0.3 is 15.5 Å². The molecule has 2 aromatic heterocycles. The molecule has 0 fully saturated rings. The van der Waals surface area contributed by atoms with Crippen LogP contribution >= 0.6 is 11.3 Å². The van der Waals surface area contributed by atoms with Gasteiger partial charge in [-0.2, -0.15) is 0 Å². The van der Waals surface area contributed by atoms with E-state index in [1.54, 1.807) is 23.6 Å². The Morgan fingerprint density at radius 2 is 2.30 bits per heavy atom. The molecule has 1 aromatic carbocycles. The summed E-state index contributed by atoms with van der Waals surface area (Å²) >= 11 is 1.22. The summed E-state index contributed by atoms with van der Waals surface area (Å²) in [6.07, 6.45) is 1.25. The predicted octanol–water partition coefficient (Wildman–Crippen LogP) is 2.03. The number of nitrogens with two attached hydrogens (primary N) is 1. The third-order valence-electron chi connectivity index (χ3n) is 2.48. The Bertz CT molecular complexity index is 738. The highest BCUT2D eigenvalue weighted by Crippen LogP contribution is 2.21. The first-order valence-corrected chi connectivity index (χ1v) is 6.49. The van der Waals surface area contributed by atoms with Crippen LogP contribution in [0.4, 0.5) is 10.8 Å². The molecule has 20 heavy (non-hydrogen) atoms. The summed E-state index contributed by atoms with van der Waals surface area (Å²) in [6, 6.07) is 7.09. The number of hydrogen-bond donors (Lipinski definition) is 2. The van der Waals surface area contributed by atoms with E-state index in [2.05, 4.69) is 20.5 Å². The van der Waals surface area contributed by atoms with Crippen LogP contribution in [-0.4, -0.2) is 21.1 Å². The monoisotopic (exact) mass is 287 g/mol. The lowest BCUT2D eigenvalue weighted by Gasteiger charge is -2.04. The molecular formula is C12H9N5O2S. The number of amides is 1. The summed E-state index contributed by atoms with van der Waals surface area (Å²) in [4.78, 5) is 15.9. The van der Waals surface area contributed by atoms with Crippen molar-refractivity contribution >= 4 is 28.1 Å². The molecule has 0 radical (unpaired) electrons. The number of nitrogen functional groups attached to an aromatic ring is 1. The molecule has 0 aliphatic carbocycles. The Labute approximate surface area is 117 Å². The second kappa shape index (κ2) is 5.10. The molecule has 7 nitrogen and oxygen atoms in total. The Morgan fingerprint density at radius 1 is 1.40 bits per heavy atom. The molecule has 0 atom stereocenters. The molecule has 8 heteroatoms. The van der Waals surface area contributed by atoms with E-state index in [-0.39, 0.29) is 11.6 Å². The number of benzene rings is 1. The highest BCUT2D eigenvalue weighted by molar-refractivity contribution is 7.13. The number of anilines is 2. The Kier molecular flexibility index (Phi) is 3.13. The molecule has 3 N–H and O–H groups in total. The van der Waals surface area contributed by atoms with Crippen molar-refractivity contribution in [3.8, 4) is 11.5 Å². The lowest BCUT2D eigenvalue weighted by atomic mass is 10.2. The smallest absolute Gasteiger partial charge is 0.275 e. The van der Waals surface area contributed by atoms with Crippen molar-refractivity contribution in [3.05, 3.63) is 41.7 Å². The van der Waals surface area contributed by atoms with Gasteiger partial charge in [-0.15, -0.1) is 21.5 Å². The van der Waals surface area contributed by atoms with Crippen LogP contribution in [0.1, 0.15) is 10.5 Å². The molecule has 0 saturated carbocycles. The number of carbonyl (C=O) groups is 1. The molecule has 0 aliphatic heterocycles. The fourth-order valence-electron chi connectivity index (χ4n) is 1.62. The molecule has 0 unspecified atom stereocenters. The Hall–Kier alpha value is -2.74. The first-order chi connectivity index (χ1) is 9.72. The summed E-state index contributed by atoms with van der Waals surface area (Å²) < 4.78 is 5.11. The van der Waals surface area contributed by atoms with Crippen molar-refractivity contribution in [2.24, 2.45) is 0 Å². The molecule has 0 spiro atoms. The summed E-state index contributed by atoms with van der Waals surface area (Å²) in [5.41, 5.74) is 7.11. The number of rotatable bonds is 3. The van der Waals surface area contributed by atoms with Gasteiger partial charge in [0.05, 0.1) is 0 Å². The highest BCUT2D eigenvalue weighted by atomic mass is 32.1. The number of hydrogen-bond acceptors (Lipinski definition) is 7. The van der Waals surface area contributed by atoms with Crippen LogP contribution in [0, 0.1) is 0 Å². The van der Waals surface area contributed by atoms with Gasteiger partial charge in [-0.1, -0.05) is 6.07 Å². The van der Waals surface area contributed by atoms with E-state index in [1.807, 2.05) is 6.07 Å². The van der Waals surface area contributed by atoms with Crippen LogP contribution in [0.2, 0.25) is 0 Å². The van der Waals surface area contributed by atoms with E-state index >= 15 is 0 Å². The molecule has 3 rings (SSSR count). The molecular weight excluding hydrogens is 278 g/mol. The quantitative estimate of drug-likeness (QED) is 0.763. The predicted molar refractivity (Wildman–Crippen MR) is 74.2 cm³/mol. The summed E-state index contributed by atoms with van der Waals surface area (Å²) in [7, 11) is 0. The largest absolute Gasteiger partial charge is 0.423 e. The summed E-state index contributed by atoms with van der Waals surface area (Å²) in [5.74, 6) is 0.0691. The zero-order valence-electron chi connectivity index (χ0n) is 10.1. The maximum atomic E-state index is 12.0. The van der Waals surface area contributed by atoms with Gasteiger partial charge in [0.25, 0.3) is 5.91 Å². The average molecular weight is 287 g/mol. The molecule has 3 aromatic rings. The van der Waals surface area contributed by atoms with Crippen LogP contribution in [0.15, 0.2) is 40.5 Å². The topological polar surface area (TPSA) is 107 Å². The zero-order chi connectivity index (χ0) is 13.9. The van der Waals surface area contributed by atoms with Gasteiger partial charge in [0.1, 0.15) is 5.69 Å². The fraction of sp³-hybridized carbons (Fsp3) is 0. The maximum Gasteiger partial charge on any atom is 0.275 e. The second-order valence-corrected chi connectivity index (χ2v) is 4.74. The minimum atomic E-state index is -0.319. The van der Waals surface area contributed by atoms with E-state index in [9.17, 15) is 4.79 Å². The lowest BCUT2D eigenvalue weighted by Crippen LogP contribution is -2.12. The van der Waals surface area contributed by atoms with Gasteiger partial charge >= 0.3 is 0 Å². The maximum absolute atomic E-state index is 12.0. The normalized spacial score (nSPS) is 10.4. The second-order valence-electron chi connectivity index (χ2n) is 3.85. The molecule has 100 valence electrons. The van der Waals surface area contributed by atoms with E-state index in [4.69, 9.17) is 10.2 Å². The SMILES string of the molecule is Nc1nc(C(=O)Nc2cccc(-c3nnco3)c2)cs1. The van der Waals surface area contributed by atoms with Gasteiger partial charge in [0.2, 0.25) is 12.3 Å². The molecule has 1 amide bonds. The fourth-order valence-corrected chi connectivity index (χ4v) is 2.16. The number of thiazole rings is 1. The van der Waals surface area contributed by atoms with Crippen molar-refractivity contribution in [2.45, 2.75) is 0 Å². The summed E-state index contributed by atoms with van der Waals surface area (Å²) in [6.45, 7) is 0. The molecule has 0 bridgehead atoms. The minimum absolute atomic E-state index is 0.288. The van der Waals surface area contributed by atoms with Crippen LogP contribution in [-0.2, 0) is 0 Å². The van der Waals surface area contributed by atoms with Crippen molar-refractivity contribution in [2.75, 3.05) is 11.1 Å². The van der Waals surface area contributed by atoms with Gasteiger partial charge in [-0.25, -0.2) is 4.98 Å². The lowest BCUT2D eigenvalue weighted by molar-refractivity contribution is 0.102. The van der Waals surface area contributed by atoms with Gasteiger partial charge in [0.15, 0.2) is 5.13 Å². The van der Waals surface area contributed by atoms with E-state index in [0.717, 1.165) is 5.56 Å². The minimum Gasteiger partial charge on any atom is -0.423 e. The Morgan fingerprint density at radius 3 is 3.00 bits per heavy atom. The first kappa shape index (κ1) is 12.3. The number of carbonyl (C=O) groups excluding carboxylic acids is 1. The highest BCUT2D eigenvalue weighted by Gasteiger charge is 2.11. The molecule has 0 saturated heterocycles. The van der Waals surface area contributed by atoms with Crippen LogP contribution in [0.25, 0.3) is 11.5 Å². The molecule has 0 aliphatic rings. The first-order valence-electron chi connectivity index (χ1n) is 5.61. The van der Waals surface area contributed by atoms with E-state index in [0.29, 0.717) is 16.7 Å². The van der Waals surface area contributed by atoms with Crippen molar-refractivity contribution < 1.29 is 9.21 Å². The molecule has 2 heterocycles. The Balaban J connectivity index is 1.81.